The lowest BCUT2D eigenvalue weighted by Crippen LogP contribution is -2.30. The van der Waals surface area contributed by atoms with E-state index in [1.54, 1.807) is 11.3 Å². The molecule has 5 heteroatoms. The van der Waals surface area contributed by atoms with E-state index in [0.29, 0.717) is 19.4 Å². The Kier molecular flexibility index (Phi) is 4.66. The van der Waals surface area contributed by atoms with Gasteiger partial charge in [-0.1, -0.05) is 24.3 Å². The van der Waals surface area contributed by atoms with Crippen LogP contribution >= 0.6 is 11.3 Å². The Labute approximate surface area is 134 Å². The van der Waals surface area contributed by atoms with Crippen molar-refractivity contribution in [3.8, 4) is 10.4 Å². The van der Waals surface area contributed by atoms with Crippen LogP contribution in [0.5, 0.6) is 0 Å². The third-order valence-electron chi connectivity index (χ3n) is 4.12. The number of nitrogens with one attached hydrogen (secondary N) is 1. The van der Waals surface area contributed by atoms with Crippen molar-refractivity contribution in [1.82, 2.24) is 10.3 Å². The Balaban J connectivity index is 1.57. The third-order valence-corrected chi connectivity index (χ3v) is 5.10. The first-order valence-corrected chi connectivity index (χ1v) is 8.45. The molecule has 0 amide bonds. The Morgan fingerprint density at radius 3 is 2.77 bits per heavy atom. The van der Waals surface area contributed by atoms with Crippen molar-refractivity contribution in [3.63, 3.8) is 0 Å². The minimum Gasteiger partial charge on any atom is -0.392 e. The van der Waals surface area contributed by atoms with Gasteiger partial charge in [0.05, 0.1) is 28.2 Å². The van der Waals surface area contributed by atoms with E-state index in [-0.39, 0.29) is 17.9 Å². The van der Waals surface area contributed by atoms with Crippen LogP contribution in [-0.4, -0.2) is 34.6 Å². The molecule has 2 aromatic rings. The van der Waals surface area contributed by atoms with Crippen molar-refractivity contribution in [2.24, 2.45) is 0 Å². The van der Waals surface area contributed by atoms with E-state index >= 15 is 0 Å². The first kappa shape index (κ1) is 15.3. The number of carbonyl (C=O) groups excluding carboxylic acids is 1. The molecule has 2 N–H and O–H groups in total. The van der Waals surface area contributed by atoms with E-state index in [1.165, 1.54) is 10.4 Å². The average molecular weight is 316 g/mol. The second kappa shape index (κ2) is 6.69. The van der Waals surface area contributed by atoms with Gasteiger partial charge in [0.1, 0.15) is 5.78 Å². The Morgan fingerprint density at radius 2 is 2.18 bits per heavy atom. The van der Waals surface area contributed by atoms with Crippen LogP contribution in [0.4, 0.5) is 0 Å². The maximum atomic E-state index is 12.1. The summed E-state index contributed by atoms with van der Waals surface area (Å²) >= 11 is 1.65. The molecule has 0 spiro atoms. The summed E-state index contributed by atoms with van der Waals surface area (Å²) in [6, 6.07) is 8.18. The summed E-state index contributed by atoms with van der Waals surface area (Å²) in [6.07, 6.45) is 1.43. The molecule has 1 aliphatic rings. The average Bonchev–Trinajstić information content (AvgIpc) is 3.14. The van der Waals surface area contributed by atoms with Crippen molar-refractivity contribution in [2.45, 2.75) is 38.3 Å². The van der Waals surface area contributed by atoms with Gasteiger partial charge in [-0.25, -0.2) is 4.98 Å². The highest BCUT2D eigenvalue weighted by atomic mass is 32.1. The number of β-amino-alcohol motifs (C(OH)–C–C–N with tert-alkyl or cyclic N) is 1. The van der Waals surface area contributed by atoms with Gasteiger partial charge in [0.15, 0.2) is 0 Å². The van der Waals surface area contributed by atoms with E-state index in [4.69, 9.17) is 0 Å². The predicted octanol–water partition coefficient (Wildman–Crippen LogP) is 2.34. The highest BCUT2D eigenvalue weighted by Crippen LogP contribution is 2.27. The monoisotopic (exact) mass is 316 g/mol. The standard InChI is InChI=1S/C17H20N2O2S/c1-11-17(22-10-19-11)13-5-2-12(3-6-13)4-7-16(21)15-8-14(20)9-18-15/h2-3,5-6,10,14-15,18,20H,4,7-9H2,1H3/t14-,15+/m1/s1. The molecule has 2 atom stereocenters. The van der Waals surface area contributed by atoms with E-state index < -0.39 is 0 Å². The largest absolute Gasteiger partial charge is 0.392 e. The summed E-state index contributed by atoms with van der Waals surface area (Å²) in [5.41, 5.74) is 5.26. The molecule has 0 saturated carbocycles. The topological polar surface area (TPSA) is 62.2 Å². The van der Waals surface area contributed by atoms with Gasteiger partial charge in [-0.05, 0) is 30.9 Å². The molecule has 1 fully saturated rings. The lowest BCUT2D eigenvalue weighted by Gasteiger charge is -2.09. The van der Waals surface area contributed by atoms with Crippen molar-refractivity contribution in [2.75, 3.05) is 6.54 Å². The number of Topliss-reactive ketones (excluding diaryl/α,β-unsaturated/α-hetero) is 1. The van der Waals surface area contributed by atoms with E-state index in [0.717, 1.165) is 17.7 Å². The normalized spacial score (nSPS) is 21.2. The maximum absolute atomic E-state index is 12.1. The van der Waals surface area contributed by atoms with Crippen molar-refractivity contribution >= 4 is 17.1 Å². The zero-order chi connectivity index (χ0) is 15.5. The van der Waals surface area contributed by atoms with Gasteiger partial charge >= 0.3 is 0 Å². The van der Waals surface area contributed by atoms with Crippen molar-refractivity contribution < 1.29 is 9.90 Å². The summed E-state index contributed by atoms with van der Waals surface area (Å²) in [5.74, 6) is 0.193. The van der Waals surface area contributed by atoms with Crippen LogP contribution in [0.25, 0.3) is 10.4 Å². The molecule has 3 rings (SSSR count). The van der Waals surface area contributed by atoms with Crippen molar-refractivity contribution in [1.29, 1.82) is 0 Å². The second-order valence-corrected chi connectivity index (χ2v) is 6.64. The van der Waals surface area contributed by atoms with Crippen LogP contribution < -0.4 is 5.32 Å². The summed E-state index contributed by atoms with van der Waals surface area (Å²) < 4.78 is 0. The van der Waals surface area contributed by atoms with Gasteiger partial charge in [-0.15, -0.1) is 11.3 Å². The SMILES string of the molecule is Cc1ncsc1-c1ccc(CCC(=O)[C@@H]2C[C@@H](O)CN2)cc1. The number of hydrogen-bond acceptors (Lipinski definition) is 5. The Bertz CT molecular complexity index is 651. The molecule has 4 nitrogen and oxygen atoms in total. The number of aliphatic hydroxyl groups is 1. The number of hydrogen-bond donors (Lipinski definition) is 2. The molecular weight excluding hydrogens is 296 g/mol. The smallest absolute Gasteiger partial charge is 0.150 e. The minimum atomic E-state index is -0.379. The van der Waals surface area contributed by atoms with E-state index in [1.807, 2.05) is 12.4 Å². The zero-order valence-corrected chi connectivity index (χ0v) is 13.4. The first-order valence-electron chi connectivity index (χ1n) is 7.57. The van der Waals surface area contributed by atoms with Gasteiger partial charge in [-0.3, -0.25) is 4.79 Å². The van der Waals surface area contributed by atoms with Crippen LogP contribution in [0.2, 0.25) is 0 Å². The second-order valence-electron chi connectivity index (χ2n) is 5.78. The molecule has 1 aliphatic heterocycles. The number of ketones is 1. The number of carbonyl (C=O) groups is 1. The predicted molar refractivity (Wildman–Crippen MR) is 88.0 cm³/mol. The van der Waals surface area contributed by atoms with Crippen LogP contribution in [0.15, 0.2) is 29.8 Å². The highest BCUT2D eigenvalue weighted by Gasteiger charge is 2.27. The fourth-order valence-corrected chi connectivity index (χ4v) is 3.62. The van der Waals surface area contributed by atoms with Gasteiger partial charge in [0.25, 0.3) is 0 Å². The van der Waals surface area contributed by atoms with Crippen LogP contribution in [0, 0.1) is 6.92 Å². The maximum Gasteiger partial charge on any atom is 0.150 e. The van der Waals surface area contributed by atoms with Gasteiger partial charge in [0, 0.05) is 13.0 Å². The summed E-state index contributed by atoms with van der Waals surface area (Å²) in [4.78, 5) is 17.6. The van der Waals surface area contributed by atoms with Crippen molar-refractivity contribution in [3.05, 3.63) is 41.0 Å². The number of aromatic nitrogens is 1. The van der Waals surface area contributed by atoms with E-state index in [2.05, 4.69) is 34.6 Å². The van der Waals surface area contributed by atoms with Crippen LogP contribution in [0.3, 0.4) is 0 Å². The fourth-order valence-electron chi connectivity index (χ4n) is 2.81. The molecule has 0 bridgehead atoms. The molecule has 1 aromatic heterocycles. The summed E-state index contributed by atoms with van der Waals surface area (Å²) in [7, 11) is 0. The van der Waals surface area contributed by atoms with E-state index in [9.17, 15) is 9.90 Å². The van der Waals surface area contributed by atoms with Crippen LogP contribution in [-0.2, 0) is 11.2 Å². The molecule has 0 unspecified atom stereocenters. The quantitative estimate of drug-likeness (QED) is 0.889. The Hall–Kier alpha value is -1.56. The first-order chi connectivity index (χ1) is 10.6. The molecule has 0 radical (unpaired) electrons. The number of aliphatic hydroxyl groups excluding tert-OH is 1. The fraction of sp³-hybridized carbons (Fsp3) is 0.412. The lowest BCUT2D eigenvalue weighted by molar-refractivity contribution is -0.120. The number of benzene rings is 1. The molecule has 0 aliphatic carbocycles. The minimum absolute atomic E-state index is 0.172. The van der Waals surface area contributed by atoms with Crippen LogP contribution in [0.1, 0.15) is 24.1 Å². The zero-order valence-electron chi connectivity index (χ0n) is 12.6. The van der Waals surface area contributed by atoms with Gasteiger partial charge in [-0.2, -0.15) is 0 Å². The molecule has 2 heterocycles. The molecular formula is C17H20N2O2S. The molecule has 22 heavy (non-hydrogen) atoms. The number of aryl methyl sites for hydroxylation is 2. The third kappa shape index (κ3) is 3.43. The number of rotatable bonds is 5. The molecule has 1 aromatic carbocycles. The highest BCUT2D eigenvalue weighted by molar-refractivity contribution is 7.13. The summed E-state index contributed by atoms with van der Waals surface area (Å²) in [6.45, 7) is 2.54. The number of nitrogens with zero attached hydrogens (tertiary/aromatic N) is 1. The Morgan fingerprint density at radius 1 is 1.41 bits per heavy atom. The van der Waals surface area contributed by atoms with Gasteiger partial charge < -0.3 is 10.4 Å². The molecule has 1 saturated heterocycles. The summed E-state index contributed by atoms with van der Waals surface area (Å²) in [5, 5.41) is 12.5. The molecule has 116 valence electrons. The number of thiazole rings is 1. The lowest BCUT2D eigenvalue weighted by atomic mass is 10.0. The van der Waals surface area contributed by atoms with Gasteiger partial charge in [0.2, 0.25) is 0 Å².